The maximum atomic E-state index is 5.58. The molecule has 0 fully saturated rings. The summed E-state index contributed by atoms with van der Waals surface area (Å²) in [5, 5.41) is 2.02. The van der Waals surface area contributed by atoms with Gasteiger partial charge in [0.1, 0.15) is 0 Å². The van der Waals surface area contributed by atoms with Gasteiger partial charge in [-0.2, -0.15) is 0 Å². The van der Waals surface area contributed by atoms with E-state index in [1.165, 1.54) is 4.46 Å². The van der Waals surface area contributed by atoms with Crippen LogP contribution < -0.4 is 4.46 Å². The summed E-state index contributed by atoms with van der Waals surface area (Å²) < 4.78 is 6.85. The molecule has 1 atom stereocenters. The van der Waals surface area contributed by atoms with Crippen molar-refractivity contribution in [1.29, 1.82) is 0 Å². The van der Waals surface area contributed by atoms with Gasteiger partial charge < -0.3 is 0 Å². The van der Waals surface area contributed by atoms with E-state index < -0.39 is 0 Å². The maximum absolute atomic E-state index is 5.58. The van der Waals surface area contributed by atoms with Crippen molar-refractivity contribution < 1.29 is 4.74 Å². The Kier molecular flexibility index (Phi) is 5.76. The van der Waals surface area contributed by atoms with Crippen molar-refractivity contribution in [1.82, 2.24) is 0 Å². The van der Waals surface area contributed by atoms with E-state index >= 15 is 0 Å². The second-order valence-corrected chi connectivity index (χ2v) is 6.40. The minimum absolute atomic E-state index is 0.149. The molecule has 19 heavy (non-hydrogen) atoms. The van der Waals surface area contributed by atoms with E-state index in [1.54, 1.807) is 11.3 Å². The molecule has 0 bridgehead atoms. The molecule has 0 aliphatic heterocycles. The molecular formula is C16H12OSSe. The van der Waals surface area contributed by atoms with E-state index in [9.17, 15) is 0 Å². The number of hydrogen-bond donors (Lipinski definition) is 0. The molecule has 3 heteroatoms. The Hall–Kier alpha value is -1.48. The van der Waals surface area contributed by atoms with Crippen molar-refractivity contribution in [3.05, 3.63) is 52.7 Å². The number of thiophene rings is 1. The van der Waals surface area contributed by atoms with E-state index in [0.717, 1.165) is 4.88 Å². The van der Waals surface area contributed by atoms with Gasteiger partial charge in [0.25, 0.3) is 0 Å². The molecule has 2 aromatic rings. The summed E-state index contributed by atoms with van der Waals surface area (Å²) in [7, 11) is 0. The van der Waals surface area contributed by atoms with Gasteiger partial charge in [0, 0.05) is 0 Å². The van der Waals surface area contributed by atoms with E-state index in [-0.39, 0.29) is 27.7 Å². The molecule has 1 heterocycles. The van der Waals surface area contributed by atoms with Crippen LogP contribution in [0.2, 0.25) is 0 Å². The zero-order chi connectivity index (χ0) is 13.3. The van der Waals surface area contributed by atoms with E-state index in [1.807, 2.05) is 35.7 Å². The fourth-order valence-electron chi connectivity index (χ4n) is 1.40. The van der Waals surface area contributed by atoms with Crippen LogP contribution in [0.5, 0.6) is 0 Å². The predicted octanol–water partition coefficient (Wildman–Crippen LogP) is 2.43. The van der Waals surface area contributed by atoms with Crippen LogP contribution in [-0.2, 0) is 4.74 Å². The Morgan fingerprint density at radius 3 is 2.74 bits per heavy atom. The summed E-state index contributed by atoms with van der Waals surface area (Å²) in [6.45, 7) is 0.287. The normalized spacial score (nSPS) is 11.1. The Balaban J connectivity index is 2.03. The third-order valence-electron chi connectivity index (χ3n) is 2.24. The number of ether oxygens (including phenoxy) is 1. The van der Waals surface area contributed by atoms with E-state index in [4.69, 9.17) is 11.2 Å². The van der Waals surface area contributed by atoms with Gasteiger partial charge in [-0.1, -0.05) is 0 Å². The van der Waals surface area contributed by atoms with Crippen LogP contribution in [-0.4, -0.2) is 21.6 Å². The summed E-state index contributed by atoms with van der Waals surface area (Å²) in [5.41, 5.74) is 0. The SMILES string of the molecule is C#CCOC(C#C[Se]c1ccccc1)c1cccs1. The van der Waals surface area contributed by atoms with E-state index in [2.05, 4.69) is 28.8 Å². The Bertz CT molecular complexity index is 587. The number of rotatable bonds is 4. The third-order valence-corrected chi connectivity index (χ3v) is 4.68. The average Bonchev–Trinajstić information content (AvgIpc) is 2.98. The Morgan fingerprint density at radius 1 is 1.21 bits per heavy atom. The number of hydrogen-bond acceptors (Lipinski definition) is 2. The quantitative estimate of drug-likeness (QED) is 0.618. The van der Waals surface area contributed by atoms with Gasteiger partial charge in [-0.15, -0.1) is 0 Å². The van der Waals surface area contributed by atoms with Crippen LogP contribution in [0.25, 0.3) is 0 Å². The van der Waals surface area contributed by atoms with Gasteiger partial charge in [0.2, 0.25) is 0 Å². The fraction of sp³-hybridized carbons (Fsp3) is 0.125. The fourth-order valence-corrected chi connectivity index (χ4v) is 3.33. The van der Waals surface area contributed by atoms with E-state index in [0.29, 0.717) is 0 Å². The van der Waals surface area contributed by atoms with Gasteiger partial charge in [-0.05, 0) is 0 Å². The molecule has 0 aliphatic carbocycles. The summed E-state index contributed by atoms with van der Waals surface area (Å²) >= 11 is 1.79. The summed E-state index contributed by atoms with van der Waals surface area (Å²) in [6.07, 6.45) is 5.03. The molecule has 1 nitrogen and oxygen atoms in total. The van der Waals surface area contributed by atoms with Crippen molar-refractivity contribution >= 4 is 30.8 Å². The molecule has 0 saturated heterocycles. The van der Waals surface area contributed by atoms with Crippen LogP contribution in [0.15, 0.2) is 47.8 Å². The molecule has 0 aliphatic rings. The summed E-state index contributed by atoms with van der Waals surface area (Å²) in [4.78, 5) is 4.33. The molecule has 0 spiro atoms. The zero-order valence-electron chi connectivity index (χ0n) is 10.2. The van der Waals surface area contributed by atoms with Crippen LogP contribution in [0.4, 0.5) is 0 Å². The van der Waals surface area contributed by atoms with Gasteiger partial charge in [0.15, 0.2) is 0 Å². The topological polar surface area (TPSA) is 9.23 Å². The second kappa shape index (κ2) is 7.85. The second-order valence-electron chi connectivity index (χ2n) is 3.57. The number of terminal acetylenes is 1. The first kappa shape index (κ1) is 13.9. The van der Waals surface area contributed by atoms with Crippen LogP contribution in [0, 0.1) is 23.1 Å². The van der Waals surface area contributed by atoms with Gasteiger partial charge in [0.05, 0.1) is 0 Å². The minimum atomic E-state index is -0.207. The Morgan fingerprint density at radius 2 is 2.05 bits per heavy atom. The first-order chi connectivity index (χ1) is 9.40. The van der Waals surface area contributed by atoms with Gasteiger partial charge in [-0.25, -0.2) is 0 Å². The number of benzene rings is 1. The molecule has 1 aromatic carbocycles. The van der Waals surface area contributed by atoms with Crippen molar-refractivity contribution in [2.75, 3.05) is 6.61 Å². The molecule has 0 amide bonds. The van der Waals surface area contributed by atoms with Crippen LogP contribution in [0.1, 0.15) is 11.0 Å². The van der Waals surface area contributed by atoms with Crippen molar-refractivity contribution in [3.63, 3.8) is 0 Å². The monoisotopic (exact) mass is 332 g/mol. The third kappa shape index (κ3) is 4.60. The van der Waals surface area contributed by atoms with Crippen LogP contribution in [0.3, 0.4) is 0 Å². The molecule has 94 valence electrons. The molecule has 0 saturated carbocycles. The molecular weight excluding hydrogens is 319 g/mol. The van der Waals surface area contributed by atoms with Crippen molar-refractivity contribution in [2.24, 2.45) is 0 Å². The average molecular weight is 331 g/mol. The Labute approximate surface area is 124 Å². The summed E-state index contributed by atoms with van der Waals surface area (Å²) in [6, 6.07) is 14.3. The molecule has 1 unspecified atom stereocenters. The molecule has 0 radical (unpaired) electrons. The van der Waals surface area contributed by atoms with Gasteiger partial charge >= 0.3 is 124 Å². The first-order valence-electron chi connectivity index (χ1n) is 5.71. The zero-order valence-corrected chi connectivity index (χ0v) is 12.7. The summed E-state index contributed by atoms with van der Waals surface area (Å²) in [5.74, 6) is 5.66. The van der Waals surface area contributed by atoms with Crippen molar-refractivity contribution in [2.45, 2.75) is 6.10 Å². The molecule has 0 N–H and O–H groups in total. The standard InChI is InChI=1S/C16H12OSSe/c1-2-11-17-15(16-9-6-12-18-16)10-13-19-14-7-4-3-5-8-14/h1,3-9,12,15H,11H2. The van der Waals surface area contributed by atoms with Crippen LogP contribution >= 0.6 is 11.3 Å². The van der Waals surface area contributed by atoms with Crippen molar-refractivity contribution in [3.8, 4) is 23.1 Å². The molecule has 2 rings (SSSR count). The predicted molar refractivity (Wildman–Crippen MR) is 81.5 cm³/mol. The molecule has 1 aromatic heterocycles. The first-order valence-corrected chi connectivity index (χ1v) is 8.30. The van der Waals surface area contributed by atoms with Gasteiger partial charge in [-0.3, -0.25) is 0 Å².